The molecule has 1 aromatic rings. The van der Waals surface area contributed by atoms with E-state index in [-0.39, 0.29) is 5.56 Å². The Hall–Kier alpha value is -1.59. The molecule has 0 bridgehead atoms. The average molecular weight is 266 g/mol. The van der Waals surface area contributed by atoms with Crippen molar-refractivity contribution in [2.75, 3.05) is 11.9 Å². The average Bonchev–Trinajstić information content (AvgIpc) is 2.39. The molecule has 1 unspecified atom stereocenters. The first kappa shape index (κ1) is 15.5. The van der Waals surface area contributed by atoms with E-state index >= 15 is 0 Å². The Kier molecular flexibility index (Phi) is 6.92. The maximum absolute atomic E-state index is 10.7. The molecule has 1 aromatic carbocycles. The van der Waals surface area contributed by atoms with Crippen molar-refractivity contribution in [1.29, 1.82) is 0 Å². The minimum absolute atomic E-state index is 0.238. The Morgan fingerprint density at radius 2 is 1.79 bits per heavy atom. The Morgan fingerprint density at radius 1 is 1.16 bits per heavy atom. The number of nitrogens with one attached hydrogen (secondary N) is 1. The van der Waals surface area contributed by atoms with Crippen LogP contribution in [0.1, 0.15) is 42.5 Å². The van der Waals surface area contributed by atoms with Gasteiger partial charge in [-0.2, -0.15) is 0 Å². The van der Waals surface area contributed by atoms with Crippen LogP contribution in [0.15, 0.2) is 24.3 Å². The van der Waals surface area contributed by atoms with Crippen molar-refractivity contribution in [2.24, 2.45) is 5.73 Å². The molecule has 106 valence electrons. The van der Waals surface area contributed by atoms with Crippen LogP contribution in [0.3, 0.4) is 0 Å². The van der Waals surface area contributed by atoms with Crippen LogP contribution in [0.25, 0.3) is 0 Å². The second-order valence-electron chi connectivity index (χ2n) is 4.53. The summed E-state index contributed by atoms with van der Waals surface area (Å²) < 4.78 is 0. The molecule has 0 fully saturated rings. The highest BCUT2D eigenvalue weighted by Gasteiger charge is 2.05. The lowest BCUT2D eigenvalue weighted by atomic mass is 10.1. The zero-order chi connectivity index (χ0) is 14.1. The maximum Gasteiger partial charge on any atom is 0.335 e. The van der Waals surface area contributed by atoms with E-state index in [9.17, 15) is 9.90 Å². The van der Waals surface area contributed by atoms with Gasteiger partial charge in [0.05, 0.1) is 5.56 Å². The smallest absolute Gasteiger partial charge is 0.335 e. The molecular weight excluding hydrogens is 244 g/mol. The quantitative estimate of drug-likeness (QED) is 0.405. The molecular formula is C14H22N2O3. The molecule has 0 saturated heterocycles. The van der Waals surface area contributed by atoms with E-state index in [1.807, 2.05) is 0 Å². The van der Waals surface area contributed by atoms with Crippen molar-refractivity contribution >= 4 is 11.7 Å². The van der Waals surface area contributed by atoms with E-state index in [2.05, 4.69) is 5.32 Å². The number of benzene rings is 1. The maximum atomic E-state index is 10.7. The number of carboxylic acid groups (broad SMARTS) is 1. The van der Waals surface area contributed by atoms with Crippen molar-refractivity contribution in [3.05, 3.63) is 29.8 Å². The highest BCUT2D eigenvalue weighted by atomic mass is 16.4. The number of aromatic carboxylic acids is 1. The lowest BCUT2D eigenvalue weighted by Crippen LogP contribution is -2.18. The fourth-order valence-corrected chi connectivity index (χ4v) is 1.81. The molecule has 1 rings (SSSR count). The number of hydrogen-bond acceptors (Lipinski definition) is 4. The van der Waals surface area contributed by atoms with Crippen molar-refractivity contribution in [3.63, 3.8) is 0 Å². The van der Waals surface area contributed by atoms with E-state index in [4.69, 9.17) is 10.8 Å². The number of rotatable bonds is 9. The number of nitrogens with two attached hydrogens (primary N) is 1. The fraction of sp³-hybridized carbons (Fsp3) is 0.500. The molecule has 5 heteroatoms. The standard InChI is InChI=1S/C14H22N2O3/c15-10-4-2-1-3-5-13(17)16-12-8-6-11(7-9-12)14(18)19/h6-9,13,16-17H,1-5,10,15H2,(H,18,19). The van der Waals surface area contributed by atoms with Gasteiger partial charge in [0.2, 0.25) is 0 Å². The van der Waals surface area contributed by atoms with Gasteiger partial charge in [-0.25, -0.2) is 4.79 Å². The van der Waals surface area contributed by atoms with Gasteiger partial charge < -0.3 is 21.3 Å². The molecule has 0 heterocycles. The molecule has 19 heavy (non-hydrogen) atoms. The summed E-state index contributed by atoms with van der Waals surface area (Å²) in [5.41, 5.74) is 6.36. The number of carboxylic acids is 1. The first-order valence-corrected chi connectivity index (χ1v) is 6.61. The van der Waals surface area contributed by atoms with E-state index in [1.54, 1.807) is 12.1 Å². The summed E-state index contributed by atoms with van der Waals surface area (Å²) >= 11 is 0. The Labute approximate surface area is 113 Å². The SMILES string of the molecule is NCCCCCCC(O)Nc1ccc(C(=O)O)cc1. The first-order valence-electron chi connectivity index (χ1n) is 6.61. The van der Waals surface area contributed by atoms with E-state index in [0.717, 1.165) is 37.9 Å². The van der Waals surface area contributed by atoms with Crippen molar-refractivity contribution in [1.82, 2.24) is 0 Å². The molecule has 0 aliphatic rings. The topological polar surface area (TPSA) is 95.6 Å². The van der Waals surface area contributed by atoms with E-state index < -0.39 is 12.2 Å². The molecule has 0 aromatic heterocycles. The largest absolute Gasteiger partial charge is 0.478 e. The van der Waals surface area contributed by atoms with Crippen LogP contribution < -0.4 is 11.1 Å². The number of hydrogen-bond donors (Lipinski definition) is 4. The monoisotopic (exact) mass is 266 g/mol. The third kappa shape index (κ3) is 6.22. The number of aliphatic hydroxyl groups excluding tert-OH is 1. The minimum Gasteiger partial charge on any atom is -0.478 e. The summed E-state index contributed by atoms with van der Waals surface area (Å²) in [6.45, 7) is 0.719. The number of anilines is 1. The highest BCUT2D eigenvalue weighted by molar-refractivity contribution is 5.87. The molecule has 0 aliphatic heterocycles. The third-order valence-electron chi connectivity index (χ3n) is 2.90. The second-order valence-corrected chi connectivity index (χ2v) is 4.53. The summed E-state index contributed by atoms with van der Waals surface area (Å²) in [6.07, 6.45) is 4.20. The molecule has 0 amide bonds. The molecule has 5 N–H and O–H groups in total. The molecule has 0 spiro atoms. The van der Waals surface area contributed by atoms with Crippen LogP contribution in [0, 0.1) is 0 Å². The number of unbranched alkanes of at least 4 members (excludes halogenated alkanes) is 3. The third-order valence-corrected chi connectivity index (χ3v) is 2.90. The van der Waals surface area contributed by atoms with Gasteiger partial charge in [0.25, 0.3) is 0 Å². The molecule has 0 radical (unpaired) electrons. The minimum atomic E-state index is -0.952. The molecule has 0 saturated carbocycles. The molecule has 1 atom stereocenters. The predicted octanol–water partition coefficient (Wildman–Crippen LogP) is 2.02. The second kappa shape index (κ2) is 8.50. The molecule has 5 nitrogen and oxygen atoms in total. The Balaban J connectivity index is 2.27. The fourth-order valence-electron chi connectivity index (χ4n) is 1.81. The van der Waals surface area contributed by atoms with E-state index in [1.165, 1.54) is 12.1 Å². The van der Waals surface area contributed by atoms with Crippen LogP contribution >= 0.6 is 0 Å². The van der Waals surface area contributed by atoms with Crippen LogP contribution in [0.5, 0.6) is 0 Å². The number of carbonyl (C=O) groups is 1. The van der Waals surface area contributed by atoms with E-state index in [0.29, 0.717) is 6.42 Å². The summed E-state index contributed by atoms with van der Waals surface area (Å²) in [5.74, 6) is -0.952. The van der Waals surface area contributed by atoms with Gasteiger partial charge in [0, 0.05) is 5.69 Å². The van der Waals surface area contributed by atoms with Crippen LogP contribution in [-0.4, -0.2) is 29.0 Å². The van der Waals surface area contributed by atoms with Gasteiger partial charge in [0.1, 0.15) is 6.23 Å². The normalized spacial score (nSPS) is 12.1. The van der Waals surface area contributed by atoms with Gasteiger partial charge >= 0.3 is 5.97 Å². The predicted molar refractivity (Wildman–Crippen MR) is 75.2 cm³/mol. The van der Waals surface area contributed by atoms with Crippen molar-refractivity contribution in [3.8, 4) is 0 Å². The summed E-state index contributed by atoms with van der Waals surface area (Å²) in [7, 11) is 0. The van der Waals surface area contributed by atoms with Gasteiger partial charge in [-0.05, 0) is 50.1 Å². The summed E-state index contributed by atoms with van der Waals surface area (Å²) in [5, 5.41) is 21.5. The highest BCUT2D eigenvalue weighted by Crippen LogP contribution is 2.13. The summed E-state index contributed by atoms with van der Waals surface area (Å²) in [6, 6.07) is 6.33. The first-order chi connectivity index (χ1) is 9.13. The Morgan fingerprint density at radius 3 is 2.37 bits per heavy atom. The van der Waals surface area contributed by atoms with Crippen LogP contribution in [0.2, 0.25) is 0 Å². The van der Waals surface area contributed by atoms with Crippen molar-refractivity contribution in [2.45, 2.75) is 38.3 Å². The summed E-state index contributed by atoms with van der Waals surface area (Å²) in [4.78, 5) is 10.7. The lowest BCUT2D eigenvalue weighted by Gasteiger charge is -2.14. The van der Waals surface area contributed by atoms with Crippen LogP contribution in [-0.2, 0) is 0 Å². The zero-order valence-corrected chi connectivity index (χ0v) is 11.0. The number of aliphatic hydroxyl groups is 1. The van der Waals surface area contributed by atoms with Gasteiger partial charge in [-0.3, -0.25) is 0 Å². The molecule has 0 aliphatic carbocycles. The van der Waals surface area contributed by atoms with Gasteiger partial charge in [0.15, 0.2) is 0 Å². The van der Waals surface area contributed by atoms with Crippen molar-refractivity contribution < 1.29 is 15.0 Å². The van der Waals surface area contributed by atoms with Crippen LogP contribution in [0.4, 0.5) is 5.69 Å². The Bertz CT molecular complexity index is 379. The van der Waals surface area contributed by atoms with Gasteiger partial charge in [-0.1, -0.05) is 12.8 Å². The lowest BCUT2D eigenvalue weighted by molar-refractivity contribution is 0.0697. The zero-order valence-electron chi connectivity index (χ0n) is 11.0. The van der Waals surface area contributed by atoms with Gasteiger partial charge in [-0.15, -0.1) is 0 Å².